The second-order valence-corrected chi connectivity index (χ2v) is 10.2. The number of anilines is 1. The Bertz CT molecular complexity index is 1360. The third-order valence-electron chi connectivity index (χ3n) is 6.36. The number of carbonyl (C=O) groups excluding carboxylic acids is 1. The Morgan fingerprint density at radius 1 is 0.941 bits per heavy atom. The summed E-state index contributed by atoms with van der Waals surface area (Å²) in [5.74, 6) is -0.259. The summed E-state index contributed by atoms with van der Waals surface area (Å²) in [6.45, 7) is 4.41. The summed E-state index contributed by atoms with van der Waals surface area (Å²) in [6.07, 6.45) is -0.174. The molecule has 0 bridgehead atoms. The van der Waals surface area contributed by atoms with Crippen molar-refractivity contribution in [3.8, 4) is 0 Å². The van der Waals surface area contributed by atoms with Gasteiger partial charge in [-0.15, -0.1) is 0 Å². The van der Waals surface area contributed by atoms with Crippen LogP contribution in [0.5, 0.6) is 0 Å². The van der Waals surface area contributed by atoms with Crippen molar-refractivity contribution in [2.24, 2.45) is 0 Å². The lowest BCUT2D eigenvalue weighted by Crippen LogP contribution is -2.46. The number of sulfonamides is 1. The van der Waals surface area contributed by atoms with E-state index in [1.807, 2.05) is 26.0 Å². The van der Waals surface area contributed by atoms with E-state index in [-0.39, 0.29) is 29.9 Å². The molecule has 3 N–H and O–H groups in total. The van der Waals surface area contributed by atoms with Crippen LogP contribution in [0.4, 0.5) is 10.5 Å². The number of benzene rings is 3. The first-order valence-electron chi connectivity index (χ1n) is 11.1. The number of nitrogens with zero attached hydrogens (tertiary/aromatic N) is 1. The average molecular weight is 482 g/mol. The maximum absolute atomic E-state index is 13.2. The molecule has 1 aliphatic rings. The van der Waals surface area contributed by atoms with Crippen molar-refractivity contribution >= 4 is 38.5 Å². The monoisotopic (exact) mass is 481 g/mol. The molecule has 3 aromatic rings. The molecule has 1 aliphatic heterocycles. The second-order valence-electron chi connectivity index (χ2n) is 8.52. The van der Waals surface area contributed by atoms with Gasteiger partial charge in [-0.25, -0.2) is 17.9 Å². The molecule has 178 valence electrons. The van der Waals surface area contributed by atoms with E-state index in [2.05, 4.69) is 10.0 Å². The molecule has 1 saturated heterocycles. The first-order valence-corrected chi connectivity index (χ1v) is 12.5. The van der Waals surface area contributed by atoms with Crippen LogP contribution in [-0.2, 0) is 10.0 Å². The number of amides is 2. The minimum absolute atomic E-state index is 0.119. The average Bonchev–Trinajstić information content (AvgIpc) is 2.81. The van der Waals surface area contributed by atoms with Gasteiger partial charge in [0.2, 0.25) is 10.0 Å². The summed E-state index contributed by atoms with van der Waals surface area (Å²) < 4.78 is 29.2. The second kappa shape index (κ2) is 9.44. The number of piperidine rings is 1. The lowest BCUT2D eigenvalue weighted by Gasteiger charge is -2.30. The van der Waals surface area contributed by atoms with Crippen LogP contribution in [0.1, 0.15) is 34.3 Å². The molecule has 3 aromatic carbocycles. The van der Waals surface area contributed by atoms with Gasteiger partial charge >= 0.3 is 6.09 Å². The van der Waals surface area contributed by atoms with Crippen LogP contribution in [-0.4, -0.2) is 49.6 Å². The summed E-state index contributed by atoms with van der Waals surface area (Å²) in [5, 5.41) is 13.1. The molecular weight excluding hydrogens is 454 g/mol. The van der Waals surface area contributed by atoms with Crippen molar-refractivity contribution in [3.05, 3.63) is 71.3 Å². The van der Waals surface area contributed by atoms with E-state index in [1.54, 1.807) is 36.4 Å². The Morgan fingerprint density at radius 2 is 1.62 bits per heavy atom. The molecule has 1 fully saturated rings. The highest BCUT2D eigenvalue weighted by molar-refractivity contribution is 7.89. The Labute approximate surface area is 198 Å². The lowest BCUT2D eigenvalue weighted by molar-refractivity contribution is 0.102. The molecule has 0 radical (unpaired) electrons. The van der Waals surface area contributed by atoms with Gasteiger partial charge in [0.15, 0.2) is 0 Å². The zero-order valence-corrected chi connectivity index (χ0v) is 19.9. The van der Waals surface area contributed by atoms with Gasteiger partial charge in [-0.2, -0.15) is 0 Å². The minimum Gasteiger partial charge on any atom is -0.465 e. The highest BCUT2D eigenvalue weighted by Gasteiger charge is 2.27. The normalized spacial score (nSPS) is 14.8. The van der Waals surface area contributed by atoms with Crippen LogP contribution >= 0.6 is 0 Å². The van der Waals surface area contributed by atoms with Crippen molar-refractivity contribution in [3.63, 3.8) is 0 Å². The maximum Gasteiger partial charge on any atom is 0.407 e. The van der Waals surface area contributed by atoms with Crippen LogP contribution in [0.15, 0.2) is 59.5 Å². The molecule has 9 heteroatoms. The smallest absolute Gasteiger partial charge is 0.407 e. The topological polar surface area (TPSA) is 116 Å². The van der Waals surface area contributed by atoms with E-state index < -0.39 is 16.1 Å². The predicted molar refractivity (Wildman–Crippen MR) is 131 cm³/mol. The van der Waals surface area contributed by atoms with Gasteiger partial charge in [0.05, 0.1) is 4.90 Å². The van der Waals surface area contributed by atoms with Gasteiger partial charge in [0.1, 0.15) is 0 Å². The van der Waals surface area contributed by atoms with Crippen molar-refractivity contribution < 1.29 is 23.1 Å². The number of carboxylic acid groups (broad SMARTS) is 1. The van der Waals surface area contributed by atoms with E-state index in [0.29, 0.717) is 34.9 Å². The fourth-order valence-electron chi connectivity index (χ4n) is 4.27. The van der Waals surface area contributed by atoms with Gasteiger partial charge in [-0.3, -0.25) is 4.79 Å². The van der Waals surface area contributed by atoms with E-state index in [4.69, 9.17) is 5.11 Å². The van der Waals surface area contributed by atoms with E-state index in [0.717, 1.165) is 11.1 Å². The van der Waals surface area contributed by atoms with Gasteiger partial charge < -0.3 is 15.3 Å². The summed E-state index contributed by atoms with van der Waals surface area (Å²) in [6, 6.07) is 15.3. The van der Waals surface area contributed by atoms with Gasteiger partial charge in [0, 0.05) is 41.2 Å². The van der Waals surface area contributed by atoms with Crippen molar-refractivity contribution in [1.29, 1.82) is 0 Å². The van der Waals surface area contributed by atoms with E-state index in [9.17, 15) is 18.0 Å². The van der Waals surface area contributed by atoms with E-state index in [1.165, 1.54) is 11.0 Å². The zero-order chi connectivity index (χ0) is 24.5. The van der Waals surface area contributed by atoms with Crippen LogP contribution in [0.3, 0.4) is 0 Å². The van der Waals surface area contributed by atoms with Crippen LogP contribution in [0.25, 0.3) is 10.8 Å². The maximum atomic E-state index is 13.2. The molecule has 0 spiro atoms. The largest absolute Gasteiger partial charge is 0.465 e. The summed E-state index contributed by atoms with van der Waals surface area (Å²) in [4.78, 5) is 25.5. The predicted octanol–water partition coefficient (Wildman–Crippen LogP) is 4.13. The first-order chi connectivity index (χ1) is 16.2. The zero-order valence-electron chi connectivity index (χ0n) is 19.0. The van der Waals surface area contributed by atoms with Gasteiger partial charge in [-0.1, -0.05) is 36.4 Å². The number of fused-ring (bicyclic) bond motifs is 1. The van der Waals surface area contributed by atoms with Gasteiger partial charge in [-0.05, 0) is 56.0 Å². The third kappa shape index (κ3) is 4.76. The van der Waals surface area contributed by atoms with Crippen molar-refractivity contribution in [2.45, 2.75) is 37.6 Å². The number of hydrogen-bond donors (Lipinski definition) is 3. The summed E-state index contributed by atoms with van der Waals surface area (Å²) in [5.41, 5.74) is 2.99. The molecule has 8 nitrogen and oxygen atoms in total. The van der Waals surface area contributed by atoms with Crippen LogP contribution in [0, 0.1) is 13.8 Å². The Kier molecular flexibility index (Phi) is 6.58. The minimum atomic E-state index is -3.86. The highest BCUT2D eigenvalue weighted by Crippen LogP contribution is 2.30. The molecule has 34 heavy (non-hydrogen) atoms. The number of rotatable bonds is 5. The SMILES string of the molecule is Cc1cccc(C(=O)Nc2ccc(S(=O)(=O)NC3CCN(C(=O)O)CC3)c3ccccc23)c1C. The molecule has 2 amide bonds. The Morgan fingerprint density at radius 3 is 2.29 bits per heavy atom. The Balaban J connectivity index is 1.61. The van der Waals surface area contributed by atoms with Crippen molar-refractivity contribution in [2.75, 3.05) is 18.4 Å². The van der Waals surface area contributed by atoms with Gasteiger partial charge in [0.25, 0.3) is 5.91 Å². The fourth-order valence-corrected chi connectivity index (χ4v) is 5.79. The number of aryl methyl sites for hydroxylation is 1. The summed E-state index contributed by atoms with van der Waals surface area (Å²) >= 11 is 0. The molecule has 0 aliphatic carbocycles. The molecule has 1 heterocycles. The van der Waals surface area contributed by atoms with E-state index >= 15 is 0 Å². The lowest BCUT2D eigenvalue weighted by atomic mass is 10.0. The standard InChI is InChI=1S/C25H27N3O5S/c1-16-6-5-9-19(17(16)2)24(29)26-22-10-11-23(21-8-4-3-7-20(21)22)34(32,33)27-18-12-14-28(15-13-18)25(30)31/h3-11,18,27H,12-15H2,1-2H3,(H,26,29)(H,30,31). The fraction of sp³-hybridized carbons (Fsp3) is 0.280. The number of carbonyl (C=O) groups is 2. The number of hydrogen-bond acceptors (Lipinski definition) is 4. The van der Waals surface area contributed by atoms with Crippen molar-refractivity contribution in [1.82, 2.24) is 9.62 Å². The van der Waals surface area contributed by atoms with Crippen LogP contribution in [0.2, 0.25) is 0 Å². The quantitative estimate of drug-likeness (QED) is 0.507. The molecule has 0 saturated carbocycles. The van der Waals surface area contributed by atoms with Crippen LogP contribution < -0.4 is 10.0 Å². The number of nitrogens with one attached hydrogen (secondary N) is 2. The Hall–Kier alpha value is -3.43. The molecule has 0 aromatic heterocycles. The molecular formula is C25H27N3O5S. The molecule has 4 rings (SSSR count). The third-order valence-corrected chi connectivity index (χ3v) is 7.94. The first kappa shape index (κ1) is 23.7. The highest BCUT2D eigenvalue weighted by atomic mass is 32.2. The number of likely N-dealkylation sites (tertiary alicyclic amines) is 1. The molecule has 0 unspecified atom stereocenters. The summed E-state index contributed by atoms with van der Waals surface area (Å²) in [7, 11) is -3.86. The molecule has 0 atom stereocenters.